The third-order valence-corrected chi connectivity index (χ3v) is 4.86. The predicted molar refractivity (Wildman–Crippen MR) is 90.0 cm³/mol. The van der Waals surface area contributed by atoms with Crippen molar-refractivity contribution in [3.63, 3.8) is 0 Å². The number of rotatable bonds is 5. The van der Waals surface area contributed by atoms with Crippen LogP contribution >= 0.6 is 0 Å². The quantitative estimate of drug-likeness (QED) is 0.827. The Morgan fingerprint density at radius 3 is 2.70 bits per heavy atom. The second-order valence-electron chi connectivity index (χ2n) is 6.84. The Balaban J connectivity index is 1.76. The molecule has 2 N–H and O–H groups in total. The molecule has 1 amide bonds. The number of carbonyl (C=O) groups excluding carboxylic acids is 1. The third-order valence-electron chi connectivity index (χ3n) is 4.86. The van der Waals surface area contributed by atoms with Crippen molar-refractivity contribution in [1.29, 1.82) is 0 Å². The molecule has 1 fully saturated rings. The van der Waals surface area contributed by atoms with Gasteiger partial charge in [0.15, 0.2) is 0 Å². The van der Waals surface area contributed by atoms with Crippen molar-refractivity contribution in [2.45, 2.75) is 18.6 Å². The average molecular weight is 384 g/mol. The molecular weight excluding hydrogens is 365 g/mol. The lowest BCUT2D eigenvalue weighted by molar-refractivity contribution is -0.183. The summed E-state index contributed by atoms with van der Waals surface area (Å²) < 4.78 is 44.9. The van der Waals surface area contributed by atoms with E-state index in [1.807, 2.05) is 0 Å². The molecule has 3 atom stereocenters. The number of carboxylic acid groups (broad SMARTS) is 1. The predicted octanol–water partition coefficient (Wildman–Crippen LogP) is 2.28. The normalized spacial score (nSPS) is 22.1. The minimum absolute atomic E-state index is 0.0724. The number of carbonyl (C=O) groups is 2. The number of amides is 1. The summed E-state index contributed by atoms with van der Waals surface area (Å²) in [4.78, 5) is 25.4. The van der Waals surface area contributed by atoms with Crippen LogP contribution in [0, 0.1) is 11.8 Å². The summed E-state index contributed by atoms with van der Waals surface area (Å²) in [6.07, 6.45) is -3.21. The molecule has 1 aliphatic heterocycles. The topological polar surface area (TPSA) is 82.8 Å². The fourth-order valence-electron chi connectivity index (χ4n) is 3.49. The average Bonchev–Trinajstić information content (AvgIpc) is 3.18. The van der Waals surface area contributed by atoms with Crippen molar-refractivity contribution in [1.82, 2.24) is 10.2 Å². The molecule has 27 heavy (non-hydrogen) atoms. The molecule has 6 nitrogen and oxygen atoms in total. The Bertz CT molecular complexity index is 848. The van der Waals surface area contributed by atoms with E-state index in [0.717, 1.165) is 0 Å². The number of fused-ring (bicyclic) bond motifs is 1. The summed E-state index contributed by atoms with van der Waals surface area (Å²) in [6, 6.07) is 5.65. The van der Waals surface area contributed by atoms with E-state index in [-0.39, 0.29) is 19.5 Å². The van der Waals surface area contributed by atoms with Crippen LogP contribution in [0.1, 0.15) is 5.56 Å². The molecule has 9 heteroatoms. The lowest BCUT2D eigenvalue weighted by Gasteiger charge is -2.22. The van der Waals surface area contributed by atoms with Crippen molar-refractivity contribution < 1.29 is 32.3 Å². The van der Waals surface area contributed by atoms with Gasteiger partial charge in [0.05, 0.1) is 18.1 Å². The van der Waals surface area contributed by atoms with E-state index in [9.17, 15) is 27.9 Å². The van der Waals surface area contributed by atoms with Gasteiger partial charge < -0.3 is 19.7 Å². The Hall–Kier alpha value is -2.55. The molecule has 2 heterocycles. The van der Waals surface area contributed by atoms with Crippen molar-refractivity contribution >= 4 is 22.8 Å². The van der Waals surface area contributed by atoms with Crippen LogP contribution in [-0.2, 0) is 16.0 Å². The Morgan fingerprint density at radius 2 is 2.04 bits per heavy atom. The molecule has 1 aromatic carbocycles. The molecule has 2 aromatic rings. The molecule has 0 aliphatic carbocycles. The first-order chi connectivity index (χ1) is 12.7. The van der Waals surface area contributed by atoms with Crippen LogP contribution in [0.3, 0.4) is 0 Å². The van der Waals surface area contributed by atoms with E-state index < -0.39 is 35.9 Å². The van der Waals surface area contributed by atoms with Crippen LogP contribution in [-0.4, -0.2) is 54.2 Å². The number of likely N-dealkylation sites (tertiary alicyclic amines) is 1. The van der Waals surface area contributed by atoms with Crippen molar-refractivity contribution in [3.8, 4) is 0 Å². The third kappa shape index (κ3) is 4.08. The number of halogens is 3. The van der Waals surface area contributed by atoms with E-state index >= 15 is 0 Å². The summed E-state index contributed by atoms with van der Waals surface area (Å²) in [5.41, 5.74) is 1.13. The number of furan rings is 1. The lowest BCUT2D eigenvalue weighted by atomic mass is 9.94. The first-order valence-corrected chi connectivity index (χ1v) is 8.40. The van der Waals surface area contributed by atoms with Crippen LogP contribution in [0.15, 0.2) is 34.9 Å². The first-order valence-electron chi connectivity index (χ1n) is 8.40. The first kappa shape index (κ1) is 19.2. The molecule has 0 spiro atoms. The highest BCUT2D eigenvalue weighted by molar-refractivity contribution is 5.87. The Kier molecular flexibility index (Phi) is 5.14. The number of nitrogens with zero attached hydrogens (tertiary/aromatic N) is 1. The van der Waals surface area contributed by atoms with E-state index in [4.69, 9.17) is 4.42 Å². The molecular formula is C18H19F3N2O4. The van der Waals surface area contributed by atoms with Gasteiger partial charge in [-0.15, -0.1) is 0 Å². The molecule has 1 aromatic heterocycles. The largest absolute Gasteiger partial charge is 0.480 e. The van der Waals surface area contributed by atoms with Gasteiger partial charge in [-0.1, -0.05) is 18.2 Å². The SMILES string of the molecule is CN1CC(C(=O)NC(Cc2coc3ccccc23)C(=O)O)C(C(F)(F)F)C1. The molecule has 0 bridgehead atoms. The van der Waals surface area contributed by atoms with Crippen LogP contribution < -0.4 is 5.32 Å². The second kappa shape index (κ2) is 7.22. The van der Waals surface area contributed by atoms with Gasteiger partial charge in [-0.2, -0.15) is 13.2 Å². The van der Waals surface area contributed by atoms with Gasteiger partial charge >= 0.3 is 12.1 Å². The van der Waals surface area contributed by atoms with E-state index in [1.165, 1.54) is 18.2 Å². The van der Waals surface area contributed by atoms with E-state index in [2.05, 4.69) is 5.32 Å². The number of benzene rings is 1. The fourth-order valence-corrected chi connectivity index (χ4v) is 3.49. The lowest BCUT2D eigenvalue weighted by Crippen LogP contribution is -2.48. The Morgan fingerprint density at radius 1 is 1.33 bits per heavy atom. The zero-order chi connectivity index (χ0) is 19.8. The molecule has 0 saturated carbocycles. The minimum Gasteiger partial charge on any atom is -0.480 e. The smallest absolute Gasteiger partial charge is 0.393 e. The second-order valence-corrected chi connectivity index (χ2v) is 6.84. The van der Waals surface area contributed by atoms with Gasteiger partial charge in [0, 0.05) is 30.5 Å². The standard InChI is InChI=1S/C18H19F3N2O4/c1-23-7-12(13(8-23)18(19,20)21)16(24)22-14(17(25)26)6-10-9-27-15-5-3-2-4-11(10)15/h2-5,9,12-14H,6-8H2,1H3,(H,22,24)(H,25,26). The number of nitrogens with one attached hydrogen (secondary N) is 1. The van der Waals surface area contributed by atoms with Crippen LogP contribution in [0.5, 0.6) is 0 Å². The fraction of sp³-hybridized carbons (Fsp3) is 0.444. The maximum absolute atomic E-state index is 13.2. The van der Waals surface area contributed by atoms with Crippen LogP contribution in [0.2, 0.25) is 0 Å². The Labute approximate surface area is 152 Å². The highest BCUT2D eigenvalue weighted by Gasteiger charge is 2.51. The van der Waals surface area contributed by atoms with Gasteiger partial charge in [-0.05, 0) is 13.1 Å². The zero-order valence-corrected chi connectivity index (χ0v) is 14.5. The minimum atomic E-state index is -4.52. The van der Waals surface area contributed by atoms with Crippen molar-refractivity contribution in [2.75, 3.05) is 20.1 Å². The summed E-state index contributed by atoms with van der Waals surface area (Å²) in [5.74, 6) is -5.37. The van der Waals surface area contributed by atoms with Crippen LogP contribution in [0.25, 0.3) is 11.0 Å². The summed E-state index contributed by atoms with van der Waals surface area (Å²) in [7, 11) is 1.50. The summed E-state index contributed by atoms with van der Waals surface area (Å²) >= 11 is 0. The number of alkyl halides is 3. The van der Waals surface area contributed by atoms with Crippen molar-refractivity contribution in [3.05, 3.63) is 36.1 Å². The van der Waals surface area contributed by atoms with Gasteiger partial charge in [0.2, 0.25) is 5.91 Å². The van der Waals surface area contributed by atoms with Gasteiger partial charge in [0.1, 0.15) is 11.6 Å². The molecule has 146 valence electrons. The number of hydrogen-bond donors (Lipinski definition) is 2. The molecule has 1 saturated heterocycles. The maximum atomic E-state index is 13.2. The number of aliphatic carboxylic acids is 1. The van der Waals surface area contributed by atoms with Gasteiger partial charge in [0.25, 0.3) is 0 Å². The molecule has 1 aliphatic rings. The monoisotopic (exact) mass is 384 g/mol. The van der Waals surface area contributed by atoms with Gasteiger partial charge in [-0.25, -0.2) is 4.79 Å². The number of para-hydroxylation sites is 1. The highest BCUT2D eigenvalue weighted by Crippen LogP contribution is 2.37. The zero-order valence-electron chi connectivity index (χ0n) is 14.5. The van der Waals surface area contributed by atoms with Crippen molar-refractivity contribution in [2.24, 2.45) is 11.8 Å². The molecule has 0 radical (unpaired) electrons. The number of carboxylic acids is 1. The summed E-state index contributed by atoms with van der Waals surface area (Å²) in [5, 5.41) is 12.4. The van der Waals surface area contributed by atoms with Gasteiger partial charge in [-0.3, -0.25) is 4.79 Å². The molecule has 3 unspecified atom stereocenters. The van der Waals surface area contributed by atoms with Crippen LogP contribution in [0.4, 0.5) is 13.2 Å². The van der Waals surface area contributed by atoms with E-state index in [1.54, 1.807) is 24.3 Å². The highest BCUT2D eigenvalue weighted by atomic mass is 19.4. The summed E-state index contributed by atoms with van der Waals surface area (Å²) in [6.45, 7) is -0.358. The maximum Gasteiger partial charge on any atom is 0.393 e. The molecule has 3 rings (SSSR count). The number of hydrogen-bond acceptors (Lipinski definition) is 4. The van der Waals surface area contributed by atoms with E-state index in [0.29, 0.717) is 16.5 Å².